The van der Waals surface area contributed by atoms with Gasteiger partial charge in [0, 0.05) is 18.7 Å². The van der Waals surface area contributed by atoms with Crippen molar-refractivity contribution in [3.63, 3.8) is 0 Å². The Morgan fingerprint density at radius 3 is 2.87 bits per heavy atom. The molecule has 6 nitrogen and oxygen atoms in total. The Morgan fingerprint density at radius 2 is 2.33 bits per heavy atom. The highest BCUT2D eigenvalue weighted by molar-refractivity contribution is 5.86. The van der Waals surface area contributed by atoms with E-state index in [2.05, 4.69) is 17.1 Å². The summed E-state index contributed by atoms with van der Waals surface area (Å²) in [5, 5.41) is 14.4. The first kappa shape index (κ1) is 13.7. The maximum absolute atomic E-state index is 10.9. The first-order valence-corrected chi connectivity index (χ1v) is 4.58. The second kappa shape index (κ2) is 8.07. The molecule has 0 aliphatic rings. The molecule has 6 heteroatoms. The van der Waals surface area contributed by atoms with Crippen molar-refractivity contribution in [2.45, 2.75) is 13.0 Å². The summed E-state index contributed by atoms with van der Waals surface area (Å²) in [5.41, 5.74) is 0.347. The predicted molar refractivity (Wildman–Crippen MR) is 55.3 cm³/mol. The van der Waals surface area contributed by atoms with Crippen LogP contribution >= 0.6 is 0 Å². The second-order valence-corrected chi connectivity index (χ2v) is 3.09. The average Bonchev–Trinajstić information content (AvgIpc) is 2.17. The van der Waals surface area contributed by atoms with E-state index in [1.165, 1.54) is 0 Å². The van der Waals surface area contributed by atoms with Crippen LogP contribution in [0.1, 0.15) is 6.92 Å². The maximum atomic E-state index is 10.9. The normalized spacial score (nSPS) is 11.9. The van der Waals surface area contributed by atoms with Gasteiger partial charge in [-0.2, -0.15) is 4.91 Å². The Bertz CT molecular complexity index is 230. The van der Waals surface area contributed by atoms with Gasteiger partial charge in [-0.25, -0.2) is 4.79 Å². The van der Waals surface area contributed by atoms with E-state index in [1.54, 1.807) is 6.92 Å². The first-order valence-electron chi connectivity index (χ1n) is 4.58. The molecular weight excluding hydrogens is 200 g/mol. The number of nitroso groups, excluding NO2 is 1. The third kappa shape index (κ3) is 7.77. The molecule has 1 atom stereocenters. The fraction of sp³-hybridized carbons (Fsp3) is 0.667. The topological polar surface area (TPSA) is 88.0 Å². The molecule has 0 heterocycles. The monoisotopic (exact) mass is 216 g/mol. The first-order chi connectivity index (χ1) is 7.07. The standard InChI is InChI=1S/C9H16N2O4/c1-7(2)9(13)15-4-3-10-5-8(12)6-11-14/h8,10,12H,1,3-6H2,2H3. The van der Waals surface area contributed by atoms with Crippen molar-refractivity contribution in [2.75, 3.05) is 26.2 Å². The fourth-order valence-electron chi connectivity index (χ4n) is 0.758. The molecule has 1 unspecified atom stereocenters. The second-order valence-electron chi connectivity index (χ2n) is 3.09. The van der Waals surface area contributed by atoms with Crippen LogP contribution in [0.25, 0.3) is 0 Å². The summed E-state index contributed by atoms with van der Waals surface area (Å²) < 4.78 is 4.78. The molecule has 0 aromatic carbocycles. The zero-order valence-electron chi connectivity index (χ0n) is 8.73. The van der Waals surface area contributed by atoms with Gasteiger partial charge in [0.25, 0.3) is 0 Å². The van der Waals surface area contributed by atoms with Crippen molar-refractivity contribution >= 4 is 5.97 Å². The Balaban J connectivity index is 3.35. The molecule has 0 spiro atoms. The Morgan fingerprint density at radius 1 is 1.67 bits per heavy atom. The van der Waals surface area contributed by atoms with Crippen LogP contribution < -0.4 is 5.32 Å². The molecule has 0 aromatic rings. The van der Waals surface area contributed by atoms with Crippen molar-refractivity contribution in [3.8, 4) is 0 Å². The minimum atomic E-state index is -0.792. The molecule has 0 saturated carbocycles. The van der Waals surface area contributed by atoms with Crippen LogP contribution in [-0.4, -0.2) is 43.4 Å². The van der Waals surface area contributed by atoms with Crippen LogP contribution in [0.15, 0.2) is 17.3 Å². The molecule has 86 valence electrons. The zero-order chi connectivity index (χ0) is 11.7. The minimum Gasteiger partial charge on any atom is -0.461 e. The highest BCUT2D eigenvalue weighted by Crippen LogP contribution is 1.90. The summed E-state index contributed by atoms with van der Waals surface area (Å²) >= 11 is 0. The number of hydrogen-bond donors (Lipinski definition) is 2. The molecule has 0 bridgehead atoms. The van der Waals surface area contributed by atoms with E-state index in [9.17, 15) is 9.70 Å². The lowest BCUT2D eigenvalue weighted by molar-refractivity contribution is -0.138. The number of rotatable bonds is 8. The lowest BCUT2D eigenvalue weighted by Crippen LogP contribution is -2.31. The molecule has 0 fully saturated rings. The Hall–Kier alpha value is -1.27. The van der Waals surface area contributed by atoms with Gasteiger partial charge in [0.15, 0.2) is 0 Å². The van der Waals surface area contributed by atoms with Crippen molar-refractivity contribution < 1.29 is 14.6 Å². The van der Waals surface area contributed by atoms with E-state index in [-0.39, 0.29) is 19.7 Å². The van der Waals surface area contributed by atoms with Gasteiger partial charge in [0.1, 0.15) is 13.2 Å². The summed E-state index contributed by atoms with van der Waals surface area (Å²) in [5.74, 6) is -0.438. The molecule has 0 aliphatic heterocycles. The number of aliphatic hydroxyl groups is 1. The lowest BCUT2D eigenvalue weighted by Gasteiger charge is -2.08. The maximum Gasteiger partial charge on any atom is 0.333 e. The van der Waals surface area contributed by atoms with E-state index in [4.69, 9.17) is 9.84 Å². The van der Waals surface area contributed by atoms with E-state index in [0.29, 0.717) is 12.1 Å². The Kier molecular flexibility index (Phi) is 7.39. The van der Waals surface area contributed by atoms with Gasteiger partial charge in [-0.15, -0.1) is 0 Å². The highest BCUT2D eigenvalue weighted by atomic mass is 16.5. The summed E-state index contributed by atoms with van der Waals surface area (Å²) in [6, 6.07) is 0. The summed E-state index contributed by atoms with van der Waals surface area (Å²) in [7, 11) is 0. The predicted octanol–water partition coefficient (Wildman–Crippen LogP) is -0.177. The van der Waals surface area contributed by atoms with Crippen LogP contribution in [-0.2, 0) is 9.53 Å². The average molecular weight is 216 g/mol. The van der Waals surface area contributed by atoms with Crippen molar-refractivity contribution in [3.05, 3.63) is 17.1 Å². The van der Waals surface area contributed by atoms with E-state index in [0.717, 1.165) is 0 Å². The molecular formula is C9H16N2O4. The van der Waals surface area contributed by atoms with Gasteiger partial charge in [-0.1, -0.05) is 11.8 Å². The third-order valence-electron chi connectivity index (χ3n) is 1.53. The van der Waals surface area contributed by atoms with Crippen molar-refractivity contribution in [2.24, 2.45) is 5.18 Å². The third-order valence-corrected chi connectivity index (χ3v) is 1.53. The van der Waals surface area contributed by atoms with Gasteiger partial charge in [0.05, 0.1) is 6.10 Å². The summed E-state index contributed by atoms with van der Waals surface area (Å²) in [4.78, 5) is 20.6. The molecule has 0 saturated heterocycles. The summed E-state index contributed by atoms with van der Waals surface area (Å²) in [6.07, 6.45) is -0.792. The van der Waals surface area contributed by atoms with E-state index >= 15 is 0 Å². The van der Waals surface area contributed by atoms with E-state index < -0.39 is 12.1 Å². The van der Waals surface area contributed by atoms with Crippen LogP contribution in [0.3, 0.4) is 0 Å². The van der Waals surface area contributed by atoms with Crippen LogP contribution in [0, 0.1) is 4.91 Å². The largest absolute Gasteiger partial charge is 0.461 e. The van der Waals surface area contributed by atoms with Crippen LogP contribution in [0.4, 0.5) is 0 Å². The van der Waals surface area contributed by atoms with Crippen molar-refractivity contribution in [1.29, 1.82) is 0 Å². The van der Waals surface area contributed by atoms with Crippen LogP contribution in [0.5, 0.6) is 0 Å². The molecule has 15 heavy (non-hydrogen) atoms. The minimum absolute atomic E-state index is 0.140. The van der Waals surface area contributed by atoms with Crippen LogP contribution in [0.2, 0.25) is 0 Å². The summed E-state index contributed by atoms with van der Waals surface area (Å²) in [6.45, 7) is 5.71. The number of esters is 1. The fourth-order valence-corrected chi connectivity index (χ4v) is 0.758. The Labute approximate surface area is 88.3 Å². The number of aliphatic hydroxyl groups excluding tert-OH is 1. The molecule has 0 aromatic heterocycles. The quantitative estimate of drug-likeness (QED) is 0.254. The number of ether oxygens (including phenoxy) is 1. The van der Waals surface area contributed by atoms with Crippen molar-refractivity contribution in [1.82, 2.24) is 5.32 Å². The number of carbonyl (C=O) groups excluding carboxylic acids is 1. The van der Waals surface area contributed by atoms with Gasteiger partial charge >= 0.3 is 5.97 Å². The molecule has 0 radical (unpaired) electrons. The lowest BCUT2D eigenvalue weighted by atomic mass is 10.3. The van der Waals surface area contributed by atoms with Gasteiger partial charge < -0.3 is 15.2 Å². The molecule has 0 rings (SSSR count). The molecule has 2 N–H and O–H groups in total. The number of carbonyl (C=O) groups is 1. The van der Waals surface area contributed by atoms with Gasteiger partial charge in [-0.3, -0.25) is 0 Å². The van der Waals surface area contributed by atoms with E-state index in [1.807, 2.05) is 0 Å². The number of hydrogen-bond acceptors (Lipinski definition) is 6. The molecule has 0 amide bonds. The SMILES string of the molecule is C=C(C)C(=O)OCCNCC(O)CN=O. The van der Waals surface area contributed by atoms with Gasteiger partial charge in [0.2, 0.25) is 0 Å². The molecule has 0 aliphatic carbocycles. The number of nitrogens with zero attached hydrogens (tertiary/aromatic N) is 1. The number of nitrogens with one attached hydrogen (secondary N) is 1. The smallest absolute Gasteiger partial charge is 0.333 e. The highest BCUT2D eigenvalue weighted by Gasteiger charge is 2.04. The van der Waals surface area contributed by atoms with Gasteiger partial charge in [-0.05, 0) is 6.92 Å². The zero-order valence-corrected chi connectivity index (χ0v) is 8.73.